The molecule has 0 bridgehead atoms. The van der Waals surface area contributed by atoms with Crippen LogP contribution in [-0.4, -0.2) is 27.0 Å². The Morgan fingerprint density at radius 1 is 1.35 bits per heavy atom. The Morgan fingerprint density at radius 2 is 2.00 bits per heavy atom. The number of nitrogens with two attached hydrogens (primary N) is 1. The number of rotatable bonds is 2. The Kier molecular flexibility index (Phi) is 3.84. The highest BCUT2D eigenvalue weighted by molar-refractivity contribution is 6.29. The Hall–Kier alpha value is -0.870. The van der Waals surface area contributed by atoms with Gasteiger partial charge in [-0.15, -0.1) is 0 Å². The molecule has 2 N–H and O–H groups in total. The summed E-state index contributed by atoms with van der Waals surface area (Å²) in [6.45, 7) is 5.33. The largest absolute Gasteiger partial charge is 0.368 e. The van der Waals surface area contributed by atoms with Crippen molar-refractivity contribution in [2.75, 3.05) is 5.73 Å². The van der Waals surface area contributed by atoms with Crippen LogP contribution in [0, 0.1) is 0 Å². The Morgan fingerprint density at radius 3 is 2.59 bits per heavy atom. The first kappa shape index (κ1) is 12.6. The van der Waals surface area contributed by atoms with E-state index < -0.39 is 0 Å². The second-order valence-electron chi connectivity index (χ2n) is 4.84. The van der Waals surface area contributed by atoms with E-state index in [1.807, 2.05) is 0 Å². The summed E-state index contributed by atoms with van der Waals surface area (Å²) in [4.78, 5) is 10.6. The van der Waals surface area contributed by atoms with Crippen molar-refractivity contribution in [3.8, 4) is 0 Å². The molecule has 4 nitrogen and oxygen atoms in total. The molecule has 94 valence electrons. The van der Waals surface area contributed by atoms with E-state index in [4.69, 9.17) is 17.3 Å². The van der Waals surface area contributed by atoms with Gasteiger partial charge in [-0.1, -0.05) is 18.0 Å². The van der Waals surface area contributed by atoms with Gasteiger partial charge in [0.1, 0.15) is 5.15 Å². The number of hydrogen-bond donors (Lipinski definition) is 1. The van der Waals surface area contributed by atoms with Crippen LogP contribution in [0.2, 0.25) is 5.15 Å². The third-order valence-corrected chi connectivity index (χ3v) is 3.68. The number of halogens is 1. The van der Waals surface area contributed by atoms with Crippen molar-refractivity contribution < 1.29 is 0 Å². The summed E-state index contributed by atoms with van der Waals surface area (Å²) >= 11 is 5.89. The lowest BCUT2D eigenvalue weighted by Gasteiger charge is -2.38. The normalized spacial score (nSPS) is 26.1. The average Bonchev–Trinajstić information content (AvgIpc) is 2.22. The maximum absolute atomic E-state index is 5.89. The van der Waals surface area contributed by atoms with E-state index in [0.717, 1.165) is 12.2 Å². The molecular formula is C12H19ClN4. The van der Waals surface area contributed by atoms with E-state index in [0.29, 0.717) is 17.2 Å². The van der Waals surface area contributed by atoms with Gasteiger partial charge in [-0.25, -0.2) is 9.97 Å². The number of piperidine rings is 1. The van der Waals surface area contributed by atoms with Crippen molar-refractivity contribution in [1.82, 2.24) is 14.9 Å². The average molecular weight is 255 g/mol. The monoisotopic (exact) mass is 254 g/mol. The number of likely N-dealkylation sites (tertiary alicyclic amines) is 1. The van der Waals surface area contributed by atoms with Gasteiger partial charge in [0.05, 0.1) is 5.69 Å². The molecule has 0 spiro atoms. The summed E-state index contributed by atoms with van der Waals surface area (Å²) in [6, 6.07) is 2.98. The second-order valence-corrected chi connectivity index (χ2v) is 5.23. The molecule has 1 aromatic heterocycles. The highest BCUT2D eigenvalue weighted by Crippen LogP contribution is 2.24. The van der Waals surface area contributed by atoms with Crippen LogP contribution in [0.15, 0.2) is 6.07 Å². The lowest BCUT2D eigenvalue weighted by atomic mass is 9.97. The smallest absolute Gasteiger partial charge is 0.221 e. The molecule has 0 aromatic carbocycles. The van der Waals surface area contributed by atoms with Crippen LogP contribution in [-0.2, 0) is 6.54 Å². The Bertz CT molecular complexity index is 366. The van der Waals surface area contributed by atoms with E-state index in [-0.39, 0.29) is 5.95 Å². The highest BCUT2D eigenvalue weighted by Gasteiger charge is 2.25. The first-order valence-electron chi connectivity index (χ1n) is 6.11. The molecule has 1 aliphatic heterocycles. The van der Waals surface area contributed by atoms with Crippen molar-refractivity contribution in [3.63, 3.8) is 0 Å². The van der Waals surface area contributed by atoms with Crippen LogP contribution >= 0.6 is 11.6 Å². The predicted octanol–water partition coefficient (Wildman–Crippen LogP) is 2.48. The molecule has 0 saturated carbocycles. The molecule has 1 fully saturated rings. The van der Waals surface area contributed by atoms with E-state index in [1.54, 1.807) is 6.07 Å². The number of nitrogen functional groups attached to an aromatic ring is 1. The first-order valence-corrected chi connectivity index (χ1v) is 6.48. The topological polar surface area (TPSA) is 55.0 Å². The van der Waals surface area contributed by atoms with Gasteiger partial charge in [0, 0.05) is 18.6 Å². The van der Waals surface area contributed by atoms with Crippen molar-refractivity contribution in [1.29, 1.82) is 0 Å². The van der Waals surface area contributed by atoms with Crippen LogP contribution in [0.5, 0.6) is 0 Å². The summed E-state index contributed by atoms with van der Waals surface area (Å²) in [5.41, 5.74) is 6.51. The van der Waals surface area contributed by atoms with Crippen molar-refractivity contribution in [3.05, 3.63) is 16.9 Å². The van der Waals surface area contributed by atoms with Gasteiger partial charge in [-0.3, -0.25) is 4.90 Å². The number of aromatic nitrogens is 2. The third kappa shape index (κ3) is 3.07. The summed E-state index contributed by atoms with van der Waals surface area (Å²) in [6.07, 6.45) is 3.81. The molecule has 2 rings (SSSR count). The van der Waals surface area contributed by atoms with E-state index >= 15 is 0 Å². The molecule has 17 heavy (non-hydrogen) atoms. The summed E-state index contributed by atoms with van der Waals surface area (Å²) in [7, 11) is 0. The number of nitrogens with zero attached hydrogens (tertiary/aromatic N) is 3. The van der Waals surface area contributed by atoms with Crippen molar-refractivity contribution in [2.24, 2.45) is 0 Å². The zero-order chi connectivity index (χ0) is 12.4. The predicted molar refractivity (Wildman–Crippen MR) is 69.8 cm³/mol. The molecule has 1 aliphatic rings. The van der Waals surface area contributed by atoms with Gasteiger partial charge < -0.3 is 5.73 Å². The summed E-state index contributed by atoms with van der Waals surface area (Å²) in [5.74, 6) is 0.254. The molecule has 0 aliphatic carbocycles. The van der Waals surface area contributed by atoms with Crippen molar-refractivity contribution in [2.45, 2.75) is 51.7 Å². The standard InChI is InChI=1S/C12H19ClN4/c1-8-4-3-5-9(2)17(8)7-10-6-11(13)16-12(14)15-10/h6,8-9H,3-5,7H2,1-2H3,(H2,14,15,16)/t8-,9-/m1/s1. The van der Waals surface area contributed by atoms with Crippen LogP contribution in [0.3, 0.4) is 0 Å². The van der Waals surface area contributed by atoms with Gasteiger partial charge in [-0.2, -0.15) is 0 Å². The van der Waals surface area contributed by atoms with Gasteiger partial charge in [0.15, 0.2) is 0 Å². The molecule has 5 heteroatoms. The molecule has 1 aromatic rings. The maximum atomic E-state index is 5.89. The Balaban J connectivity index is 2.13. The fourth-order valence-corrected chi connectivity index (χ4v) is 2.75. The minimum Gasteiger partial charge on any atom is -0.368 e. The van der Waals surface area contributed by atoms with Crippen LogP contribution in [0.1, 0.15) is 38.8 Å². The zero-order valence-corrected chi connectivity index (χ0v) is 11.1. The van der Waals surface area contributed by atoms with Crippen LogP contribution in [0.25, 0.3) is 0 Å². The fourth-order valence-electron chi connectivity index (χ4n) is 2.54. The lowest BCUT2D eigenvalue weighted by molar-refractivity contribution is 0.0938. The molecule has 0 amide bonds. The van der Waals surface area contributed by atoms with Crippen molar-refractivity contribution >= 4 is 17.5 Å². The molecule has 1 saturated heterocycles. The second kappa shape index (κ2) is 5.19. The van der Waals surface area contributed by atoms with Crippen LogP contribution in [0.4, 0.5) is 5.95 Å². The Labute approximate surface area is 107 Å². The molecule has 2 atom stereocenters. The SMILES string of the molecule is C[C@@H]1CCC[C@@H](C)N1Cc1cc(Cl)nc(N)n1. The molecular weight excluding hydrogens is 236 g/mol. The minimum atomic E-state index is 0.254. The third-order valence-electron chi connectivity index (χ3n) is 3.49. The summed E-state index contributed by atoms with van der Waals surface area (Å²) in [5, 5.41) is 0.421. The van der Waals surface area contributed by atoms with Gasteiger partial charge in [0.25, 0.3) is 0 Å². The molecule has 0 unspecified atom stereocenters. The minimum absolute atomic E-state index is 0.254. The molecule has 0 radical (unpaired) electrons. The van der Waals surface area contributed by atoms with E-state index in [9.17, 15) is 0 Å². The maximum Gasteiger partial charge on any atom is 0.221 e. The first-order chi connectivity index (χ1) is 8.06. The summed E-state index contributed by atoms with van der Waals surface area (Å²) < 4.78 is 0. The highest BCUT2D eigenvalue weighted by atomic mass is 35.5. The van der Waals surface area contributed by atoms with Crippen LogP contribution < -0.4 is 5.73 Å². The number of anilines is 1. The van der Waals surface area contributed by atoms with E-state index in [1.165, 1.54) is 19.3 Å². The lowest BCUT2D eigenvalue weighted by Crippen LogP contribution is -2.43. The quantitative estimate of drug-likeness (QED) is 0.824. The molecule has 2 heterocycles. The zero-order valence-electron chi connectivity index (χ0n) is 10.4. The van der Waals surface area contributed by atoms with Gasteiger partial charge in [0.2, 0.25) is 5.95 Å². The fraction of sp³-hybridized carbons (Fsp3) is 0.667. The number of hydrogen-bond acceptors (Lipinski definition) is 4. The van der Waals surface area contributed by atoms with E-state index in [2.05, 4.69) is 28.7 Å². The van der Waals surface area contributed by atoms with Gasteiger partial charge >= 0.3 is 0 Å². The van der Waals surface area contributed by atoms with Gasteiger partial charge in [-0.05, 0) is 32.8 Å².